The van der Waals surface area contributed by atoms with Gasteiger partial charge in [0.15, 0.2) is 0 Å². The minimum atomic E-state index is -3.82. The Hall–Kier alpha value is -1.57. The molecule has 0 bridgehead atoms. The summed E-state index contributed by atoms with van der Waals surface area (Å²) in [6.07, 6.45) is 0.790. The molecule has 0 saturated carbocycles. The van der Waals surface area contributed by atoms with Gasteiger partial charge in [0.1, 0.15) is 5.03 Å². The van der Waals surface area contributed by atoms with Crippen LogP contribution >= 0.6 is 23.2 Å². The fourth-order valence-electron chi connectivity index (χ4n) is 0.964. The summed E-state index contributed by atoms with van der Waals surface area (Å²) in [6.45, 7) is 0. The van der Waals surface area contributed by atoms with E-state index in [0.717, 1.165) is 6.21 Å². The van der Waals surface area contributed by atoms with E-state index < -0.39 is 26.1 Å². The van der Waals surface area contributed by atoms with Gasteiger partial charge in [0, 0.05) is 0 Å². The molecule has 6 nitrogen and oxygen atoms in total. The third-order valence-electron chi connectivity index (χ3n) is 1.80. The van der Waals surface area contributed by atoms with Crippen LogP contribution in [-0.2, 0) is 14.8 Å². The molecule has 0 amide bonds. The van der Waals surface area contributed by atoms with E-state index in [0.29, 0.717) is 0 Å². The average molecular weight is 323 g/mol. The minimum absolute atomic E-state index is 0.0107. The van der Waals surface area contributed by atoms with Gasteiger partial charge in [-0.25, -0.2) is 9.63 Å². The molecule has 1 aromatic rings. The highest BCUT2D eigenvalue weighted by molar-refractivity contribution is 7.89. The second-order valence-corrected chi connectivity index (χ2v) is 5.58. The van der Waals surface area contributed by atoms with Gasteiger partial charge in [-0.1, -0.05) is 41.4 Å². The van der Waals surface area contributed by atoms with Crippen molar-refractivity contribution < 1.29 is 18.3 Å². The molecule has 0 aliphatic heterocycles. The van der Waals surface area contributed by atoms with E-state index in [-0.39, 0.29) is 4.90 Å². The molecule has 0 aliphatic carbocycles. The van der Waals surface area contributed by atoms with Gasteiger partial charge in [-0.15, -0.1) is 0 Å². The van der Waals surface area contributed by atoms with Gasteiger partial charge in [-0.2, -0.15) is 13.5 Å². The number of carbonyl (C=O) groups is 1. The van der Waals surface area contributed by atoms with Crippen LogP contribution in [0.1, 0.15) is 0 Å². The highest BCUT2D eigenvalue weighted by Gasteiger charge is 2.12. The van der Waals surface area contributed by atoms with E-state index >= 15 is 0 Å². The first-order valence-electron chi connectivity index (χ1n) is 4.73. The zero-order chi connectivity index (χ0) is 14.5. The molecular formula is C10H8Cl2N2O4S. The third-order valence-corrected chi connectivity index (χ3v) is 3.79. The Kier molecular flexibility index (Phi) is 5.34. The largest absolute Gasteiger partial charge is 0.477 e. The molecule has 19 heavy (non-hydrogen) atoms. The van der Waals surface area contributed by atoms with E-state index in [4.69, 9.17) is 28.3 Å². The molecular weight excluding hydrogens is 315 g/mol. The number of halogens is 2. The number of nitrogens with zero attached hydrogens (tertiary/aromatic N) is 1. The summed E-state index contributed by atoms with van der Waals surface area (Å²) in [5.74, 6) is -1.44. The number of rotatable bonds is 5. The van der Waals surface area contributed by atoms with Crippen molar-refractivity contribution >= 4 is 45.4 Å². The quantitative estimate of drug-likeness (QED) is 0.490. The molecule has 0 fully saturated rings. The molecule has 102 valence electrons. The van der Waals surface area contributed by atoms with Crippen LogP contribution in [0.4, 0.5) is 0 Å². The summed E-state index contributed by atoms with van der Waals surface area (Å²) in [5.41, 5.74) is 0. The Labute approximate surface area is 119 Å². The molecule has 0 aromatic heterocycles. The highest BCUT2D eigenvalue weighted by atomic mass is 35.5. The number of nitrogens with one attached hydrogen (secondary N) is 1. The van der Waals surface area contributed by atoms with Crippen molar-refractivity contribution in [3.8, 4) is 0 Å². The molecule has 0 spiro atoms. The topological polar surface area (TPSA) is 95.8 Å². The Morgan fingerprint density at radius 2 is 1.84 bits per heavy atom. The van der Waals surface area contributed by atoms with E-state index in [9.17, 15) is 13.2 Å². The number of carboxylic acid groups (broad SMARTS) is 1. The van der Waals surface area contributed by atoms with Crippen LogP contribution in [0, 0.1) is 0 Å². The number of benzene rings is 1. The third kappa shape index (κ3) is 4.55. The number of aliphatic carboxylic acids is 1. The van der Waals surface area contributed by atoms with Gasteiger partial charge in [-0.3, -0.25) is 0 Å². The maximum atomic E-state index is 11.7. The standard InChI is InChI=1S/C10H8Cl2N2O4S/c11-8(9(12)10(15)16)6-13-14-19(17,18)7-4-2-1-3-5-7/h1-6,14H,(H,15,16)/b9-8-,13-6+. The van der Waals surface area contributed by atoms with Crippen LogP contribution in [-0.4, -0.2) is 25.7 Å². The first-order chi connectivity index (χ1) is 8.84. The summed E-state index contributed by atoms with van der Waals surface area (Å²) in [7, 11) is -3.82. The minimum Gasteiger partial charge on any atom is -0.477 e. The van der Waals surface area contributed by atoms with Crippen molar-refractivity contribution in [2.45, 2.75) is 4.90 Å². The molecule has 0 atom stereocenters. The number of hydrazone groups is 1. The lowest BCUT2D eigenvalue weighted by Crippen LogP contribution is -2.18. The summed E-state index contributed by atoms with van der Waals surface area (Å²) in [5, 5.41) is 10.8. The highest BCUT2D eigenvalue weighted by Crippen LogP contribution is 2.12. The molecule has 1 aromatic carbocycles. The van der Waals surface area contributed by atoms with E-state index in [1.165, 1.54) is 12.1 Å². The number of hydrogen-bond donors (Lipinski definition) is 2. The number of carboxylic acids is 1. The molecule has 0 unspecified atom stereocenters. The summed E-state index contributed by atoms with van der Waals surface area (Å²) < 4.78 is 23.4. The maximum Gasteiger partial charge on any atom is 0.348 e. The number of hydrogen-bond acceptors (Lipinski definition) is 4. The summed E-state index contributed by atoms with van der Waals surface area (Å²) in [4.78, 5) is 12.3. The van der Waals surface area contributed by atoms with Crippen molar-refractivity contribution in [1.82, 2.24) is 4.83 Å². The first kappa shape index (κ1) is 15.5. The van der Waals surface area contributed by atoms with Crippen molar-refractivity contribution in [3.63, 3.8) is 0 Å². The van der Waals surface area contributed by atoms with Gasteiger partial charge in [-0.05, 0) is 12.1 Å². The summed E-state index contributed by atoms with van der Waals surface area (Å²) in [6, 6.07) is 7.51. The second-order valence-electron chi connectivity index (χ2n) is 3.13. The molecule has 0 saturated heterocycles. The van der Waals surface area contributed by atoms with Crippen molar-refractivity contribution in [1.29, 1.82) is 0 Å². The molecule has 0 heterocycles. The van der Waals surface area contributed by atoms with Crippen LogP contribution in [0.25, 0.3) is 0 Å². The molecule has 9 heteroatoms. The van der Waals surface area contributed by atoms with Gasteiger partial charge in [0.05, 0.1) is 16.1 Å². The Morgan fingerprint density at radius 3 is 2.37 bits per heavy atom. The molecule has 0 aliphatic rings. The fraction of sp³-hybridized carbons (Fsp3) is 0. The molecule has 2 N–H and O–H groups in total. The van der Waals surface area contributed by atoms with Crippen LogP contribution in [0.5, 0.6) is 0 Å². The first-order valence-corrected chi connectivity index (χ1v) is 6.97. The van der Waals surface area contributed by atoms with Crippen molar-refractivity contribution in [2.75, 3.05) is 0 Å². The SMILES string of the molecule is O=C(O)/C(Cl)=C(Cl)\C=N\NS(=O)(=O)c1ccccc1. The van der Waals surface area contributed by atoms with E-state index in [1.54, 1.807) is 18.2 Å². The Balaban J connectivity index is 2.83. The number of allylic oxidation sites excluding steroid dienone is 1. The van der Waals surface area contributed by atoms with Crippen molar-refractivity contribution in [3.05, 3.63) is 40.4 Å². The summed E-state index contributed by atoms with van der Waals surface area (Å²) >= 11 is 10.8. The average Bonchev–Trinajstić information content (AvgIpc) is 2.38. The normalized spacial score (nSPS) is 13.2. The zero-order valence-electron chi connectivity index (χ0n) is 9.25. The monoisotopic (exact) mass is 322 g/mol. The second kappa shape index (κ2) is 6.55. The van der Waals surface area contributed by atoms with E-state index in [2.05, 4.69) is 5.10 Å². The van der Waals surface area contributed by atoms with E-state index in [1.807, 2.05) is 4.83 Å². The van der Waals surface area contributed by atoms with Crippen molar-refractivity contribution in [2.24, 2.45) is 5.10 Å². The van der Waals surface area contributed by atoms with Gasteiger partial charge in [0.25, 0.3) is 10.0 Å². The lowest BCUT2D eigenvalue weighted by atomic mass is 10.4. The molecule has 1 rings (SSSR count). The van der Waals surface area contributed by atoms with Crippen LogP contribution in [0.3, 0.4) is 0 Å². The van der Waals surface area contributed by atoms with Crippen LogP contribution < -0.4 is 4.83 Å². The lowest BCUT2D eigenvalue weighted by Gasteiger charge is -2.02. The predicted octanol–water partition coefficient (Wildman–Crippen LogP) is 1.72. The van der Waals surface area contributed by atoms with Gasteiger partial charge >= 0.3 is 5.97 Å². The zero-order valence-corrected chi connectivity index (χ0v) is 11.6. The lowest BCUT2D eigenvalue weighted by molar-refractivity contribution is -0.131. The fourth-order valence-corrected chi connectivity index (χ4v) is 1.95. The smallest absolute Gasteiger partial charge is 0.348 e. The number of sulfonamides is 1. The van der Waals surface area contributed by atoms with Gasteiger partial charge < -0.3 is 5.11 Å². The van der Waals surface area contributed by atoms with Crippen LogP contribution in [0.15, 0.2) is 50.4 Å². The maximum absolute atomic E-state index is 11.7. The van der Waals surface area contributed by atoms with Gasteiger partial charge in [0.2, 0.25) is 0 Å². The van der Waals surface area contributed by atoms with Crippen LogP contribution in [0.2, 0.25) is 0 Å². The Morgan fingerprint density at radius 1 is 1.26 bits per heavy atom. The predicted molar refractivity (Wildman–Crippen MR) is 71.6 cm³/mol. The molecule has 0 radical (unpaired) electrons. The Bertz CT molecular complexity index is 626.